The standard InChI is InChI=1S/C17H25N3O5/c1-5-25-16(21)8-9-19(11-12(2)3)17(22)13-6-7-14(18-4)15(10-13)20(23)24/h6-7,10,12,18H,5,8-9,11H2,1-4H3. The maximum absolute atomic E-state index is 12.8. The number of nitro groups is 1. The minimum absolute atomic E-state index is 0.0863. The van der Waals surface area contributed by atoms with Crippen LogP contribution in [-0.4, -0.2) is 48.4 Å². The highest BCUT2D eigenvalue weighted by Gasteiger charge is 2.22. The molecule has 0 aliphatic rings. The molecule has 0 saturated carbocycles. The first kappa shape index (κ1) is 20.4. The number of anilines is 1. The molecule has 0 fully saturated rings. The summed E-state index contributed by atoms with van der Waals surface area (Å²) in [5.74, 6) is -0.526. The zero-order valence-corrected chi connectivity index (χ0v) is 15.1. The van der Waals surface area contributed by atoms with Crippen LogP contribution in [-0.2, 0) is 9.53 Å². The summed E-state index contributed by atoms with van der Waals surface area (Å²) in [4.78, 5) is 36.5. The number of benzene rings is 1. The van der Waals surface area contributed by atoms with E-state index < -0.39 is 4.92 Å². The molecule has 1 N–H and O–H groups in total. The normalized spacial score (nSPS) is 10.4. The van der Waals surface area contributed by atoms with Crippen LogP contribution in [0.1, 0.15) is 37.6 Å². The monoisotopic (exact) mass is 351 g/mol. The molecule has 0 heterocycles. The van der Waals surface area contributed by atoms with E-state index in [0.29, 0.717) is 12.2 Å². The van der Waals surface area contributed by atoms with Gasteiger partial charge >= 0.3 is 5.97 Å². The van der Waals surface area contributed by atoms with Gasteiger partial charge in [-0.15, -0.1) is 0 Å². The Morgan fingerprint density at radius 3 is 2.56 bits per heavy atom. The number of amides is 1. The molecule has 0 aliphatic heterocycles. The number of ether oxygens (including phenoxy) is 1. The first-order valence-corrected chi connectivity index (χ1v) is 8.21. The molecule has 0 spiro atoms. The molecule has 1 aromatic rings. The average molecular weight is 351 g/mol. The van der Waals surface area contributed by atoms with Gasteiger partial charge < -0.3 is 15.0 Å². The molecule has 0 atom stereocenters. The third kappa shape index (κ3) is 6.06. The lowest BCUT2D eigenvalue weighted by molar-refractivity contribution is -0.384. The van der Waals surface area contributed by atoms with Gasteiger partial charge in [-0.1, -0.05) is 13.8 Å². The summed E-state index contributed by atoms with van der Waals surface area (Å²) in [6.45, 7) is 6.57. The first-order valence-electron chi connectivity index (χ1n) is 8.21. The summed E-state index contributed by atoms with van der Waals surface area (Å²) < 4.78 is 4.89. The van der Waals surface area contributed by atoms with Crippen LogP contribution in [0.2, 0.25) is 0 Å². The molecule has 0 saturated heterocycles. The zero-order chi connectivity index (χ0) is 19.0. The predicted molar refractivity (Wildman–Crippen MR) is 94.6 cm³/mol. The van der Waals surface area contributed by atoms with Crippen LogP contribution < -0.4 is 5.32 Å². The smallest absolute Gasteiger partial charge is 0.307 e. The highest BCUT2D eigenvalue weighted by molar-refractivity contribution is 5.96. The molecule has 138 valence electrons. The molecule has 0 bridgehead atoms. The lowest BCUT2D eigenvalue weighted by Crippen LogP contribution is -2.36. The molecule has 25 heavy (non-hydrogen) atoms. The van der Waals surface area contributed by atoms with Crippen molar-refractivity contribution in [3.8, 4) is 0 Å². The molecular weight excluding hydrogens is 326 g/mol. The lowest BCUT2D eigenvalue weighted by Gasteiger charge is -2.24. The summed E-state index contributed by atoms with van der Waals surface area (Å²) in [6.07, 6.45) is 0.0863. The largest absolute Gasteiger partial charge is 0.466 e. The van der Waals surface area contributed by atoms with Crippen LogP contribution in [0.5, 0.6) is 0 Å². The quantitative estimate of drug-likeness (QED) is 0.417. The number of nitrogens with one attached hydrogen (secondary N) is 1. The van der Waals surface area contributed by atoms with Crippen LogP contribution in [0.3, 0.4) is 0 Å². The van der Waals surface area contributed by atoms with Crippen molar-refractivity contribution in [1.29, 1.82) is 0 Å². The fourth-order valence-corrected chi connectivity index (χ4v) is 2.39. The van der Waals surface area contributed by atoms with Crippen LogP contribution in [0.15, 0.2) is 18.2 Å². The molecule has 0 aromatic heterocycles. The summed E-state index contributed by atoms with van der Waals surface area (Å²) in [7, 11) is 1.58. The van der Waals surface area contributed by atoms with Crippen LogP contribution >= 0.6 is 0 Å². The minimum Gasteiger partial charge on any atom is -0.466 e. The van der Waals surface area contributed by atoms with Crippen LogP contribution in [0, 0.1) is 16.0 Å². The Labute approximate surface area is 147 Å². The molecule has 1 amide bonds. The SMILES string of the molecule is CCOC(=O)CCN(CC(C)C)C(=O)c1ccc(NC)c([N+](=O)[O-])c1. The van der Waals surface area contributed by atoms with Gasteiger partial charge in [-0.25, -0.2) is 0 Å². The van der Waals surface area contributed by atoms with Gasteiger partial charge in [0.1, 0.15) is 5.69 Å². The van der Waals surface area contributed by atoms with Crippen molar-refractivity contribution in [2.75, 3.05) is 32.1 Å². The van der Waals surface area contributed by atoms with Gasteiger partial charge in [0.05, 0.1) is 18.0 Å². The van der Waals surface area contributed by atoms with Crippen LogP contribution in [0.4, 0.5) is 11.4 Å². The van der Waals surface area contributed by atoms with Crippen LogP contribution in [0.25, 0.3) is 0 Å². The molecule has 0 radical (unpaired) electrons. The Morgan fingerprint density at radius 2 is 2.04 bits per heavy atom. The van der Waals surface area contributed by atoms with E-state index in [9.17, 15) is 19.7 Å². The zero-order valence-electron chi connectivity index (χ0n) is 15.1. The molecule has 1 aromatic carbocycles. The van der Waals surface area contributed by atoms with Crippen molar-refractivity contribution in [2.45, 2.75) is 27.2 Å². The van der Waals surface area contributed by atoms with Crippen molar-refractivity contribution in [1.82, 2.24) is 4.90 Å². The van der Waals surface area contributed by atoms with E-state index in [4.69, 9.17) is 4.74 Å². The van der Waals surface area contributed by atoms with E-state index in [1.54, 1.807) is 20.0 Å². The number of carbonyl (C=O) groups is 2. The molecule has 0 unspecified atom stereocenters. The highest BCUT2D eigenvalue weighted by Crippen LogP contribution is 2.25. The Kier molecular flexibility index (Phi) is 7.84. The van der Waals surface area contributed by atoms with Crippen molar-refractivity contribution in [2.24, 2.45) is 5.92 Å². The van der Waals surface area contributed by atoms with E-state index in [2.05, 4.69) is 5.32 Å². The summed E-state index contributed by atoms with van der Waals surface area (Å²) in [5.41, 5.74) is 0.391. The number of nitro benzene ring substituents is 1. The molecule has 1 rings (SSSR count). The maximum atomic E-state index is 12.8. The van der Waals surface area contributed by atoms with Gasteiger partial charge in [-0.2, -0.15) is 0 Å². The Hall–Kier alpha value is -2.64. The number of hydrogen-bond acceptors (Lipinski definition) is 6. The van der Waals surface area contributed by atoms with Gasteiger partial charge in [0, 0.05) is 31.8 Å². The van der Waals surface area contributed by atoms with E-state index in [0.717, 1.165) is 0 Å². The average Bonchev–Trinajstić information content (AvgIpc) is 2.57. The number of nitrogens with zero attached hydrogens (tertiary/aromatic N) is 2. The van der Waals surface area contributed by atoms with Gasteiger partial charge in [-0.3, -0.25) is 19.7 Å². The second-order valence-electron chi connectivity index (χ2n) is 5.94. The number of rotatable bonds is 9. The fraction of sp³-hybridized carbons (Fsp3) is 0.529. The van der Waals surface area contributed by atoms with Crippen molar-refractivity contribution in [3.05, 3.63) is 33.9 Å². The minimum atomic E-state index is -0.534. The Bertz CT molecular complexity index is 631. The predicted octanol–water partition coefficient (Wildman–Crippen LogP) is 2.69. The topological polar surface area (TPSA) is 102 Å². The second kappa shape index (κ2) is 9.61. The van der Waals surface area contributed by atoms with Gasteiger partial charge in [0.2, 0.25) is 0 Å². The third-order valence-electron chi connectivity index (χ3n) is 3.47. The maximum Gasteiger partial charge on any atom is 0.307 e. The van der Waals surface area contributed by atoms with E-state index in [-0.39, 0.29) is 48.6 Å². The summed E-state index contributed by atoms with van der Waals surface area (Å²) in [6, 6.07) is 4.30. The van der Waals surface area contributed by atoms with Gasteiger partial charge in [-0.05, 0) is 25.0 Å². The van der Waals surface area contributed by atoms with E-state index in [1.165, 1.54) is 17.0 Å². The lowest BCUT2D eigenvalue weighted by atomic mass is 10.1. The summed E-state index contributed by atoms with van der Waals surface area (Å²) in [5, 5.41) is 13.9. The summed E-state index contributed by atoms with van der Waals surface area (Å²) >= 11 is 0. The molecule has 8 heteroatoms. The molecule has 8 nitrogen and oxygen atoms in total. The fourth-order valence-electron chi connectivity index (χ4n) is 2.39. The second-order valence-corrected chi connectivity index (χ2v) is 5.94. The van der Waals surface area contributed by atoms with Gasteiger partial charge in [0.15, 0.2) is 0 Å². The Morgan fingerprint density at radius 1 is 1.36 bits per heavy atom. The number of esters is 1. The molecule has 0 aliphatic carbocycles. The number of hydrogen-bond donors (Lipinski definition) is 1. The van der Waals surface area contributed by atoms with E-state index in [1.807, 2.05) is 13.8 Å². The highest BCUT2D eigenvalue weighted by atomic mass is 16.6. The third-order valence-corrected chi connectivity index (χ3v) is 3.47. The first-order chi connectivity index (χ1) is 11.8. The molecular formula is C17H25N3O5. The van der Waals surface area contributed by atoms with Crippen molar-refractivity contribution >= 4 is 23.3 Å². The Balaban J connectivity index is 3.01. The van der Waals surface area contributed by atoms with Crippen molar-refractivity contribution < 1.29 is 19.2 Å². The van der Waals surface area contributed by atoms with Gasteiger partial charge in [0.25, 0.3) is 11.6 Å². The van der Waals surface area contributed by atoms with E-state index >= 15 is 0 Å². The number of carbonyl (C=O) groups excluding carboxylic acids is 2. The van der Waals surface area contributed by atoms with Crippen molar-refractivity contribution in [3.63, 3.8) is 0 Å².